The van der Waals surface area contributed by atoms with Gasteiger partial charge in [0.1, 0.15) is 0 Å². The Balaban J connectivity index is 0.000000157. The summed E-state index contributed by atoms with van der Waals surface area (Å²) in [5, 5.41) is 0. The highest BCUT2D eigenvalue weighted by Crippen LogP contribution is 2.20. The molecule has 1 aliphatic rings. The number of allylic oxidation sites excluding steroid dienone is 1. The fraction of sp³-hybridized carbons (Fsp3) is 0.333. The quantitative estimate of drug-likeness (QED) is 0.552. The highest BCUT2D eigenvalue weighted by atomic mass is 14.1. The van der Waals surface area contributed by atoms with Crippen molar-refractivity contribution in [3.63, 3.8) is 0 Å². The zero-order valence-corrected chi connectivity index (χ0v) is 7.72. The molecule has 0 spiro atoms. The van der Waals surface area contributed by atoms with Gasteiger partial charge >= 0.3 is 0 Å². The third-order valence-electron chi connectivity index (χ3n) is 2.07. The molecule has 0 N–H and O–H groups in total. The van der Waals surface area contributed by atoms with Gasteiger partial charge in [0, 0.05) is 0 Å². The van der Waals surface area contributed by atoms with Crippen LogP contribution in [0.5, 0.6) is 0 Å². The molecule has 0 saturated heterocycles. The summed E-state index contributed by atoms with van der Waals surface area (Å²) in [5.41, 5.74) is 3.10. The van der Waals surface area contributed by atoms with E-state index in [9.17, 15) is 0 Å². The second kappa shape index (κ2) is 4.76. The predicted octanol–water partition coefficient (Wildman–Crippen LogP) is 3.37. The van der Waals surface area contributed by atoms with Gasteiger partial charge in [0.15, 0.2) is 0 Å². The van der Waals surface area contributed by atoms with E-state index in [1.54, 1.807) is 11.1 Å². The van der Waals surface area contributed by atoms with Crippen LogP contribution in [0.25, 0.3) is 0 Å². The lowest BCUT2D eigenvalue weighted by Crippen LogP contribution is -2.06. The van der Waals surface area contributed by atoms with Gasteiger partial charge in [-0.15, -0.1) is 6.58 Å². The zero-order valence-electron chi connectivity index (χ0n) is 7.72. The summed E-state index contributed by atoms with van der Waals surface area (Å²) in [7, 11) is 0. The summed E-state index contributed by atoms with van der Waals surface area (Å²) >= 11 is 0. The molecule has 0 amide bonds. The smallest absolute Gasteiger partial charge is 0.0235 e. The molecule has 0 atom stereocenters. The van der Waals surface area contributed by atoms with E-state index in [0.29, 0.717) is 0 Å². The summed E-state index contributed by atoms with van der Waals surface area (Å²) in [6.07, 6.45) is 5.56. The summed E-state index contributed by atoms with van der Waals surface area (Å²) in [6.45, 7) is 5.54. The highest BCUT2D eigenvalue weighted by molar-refractivity contribution is 5.34. The Morgan fingerprint density at radius 2 is 1.67 bits per heavy atom. The van der Waals surface area contributed by atoms with Gasteiger partial charge in [-0.3, -0.25) is 0 Å². The molecule has 0 bridgehead atoms. The van der Waals surface area contributed by atoms with Crippen LogP contribution in [0.15, 0.2) is 36.9 Å². The topological polar surface area (TPSA) is 0 Å². The molecular weight excluding hydrogens is 144 g/mol. The molecule has 12 heavy (non-hydrogen) atoms. The minimum atomic E-state index is 1.08. The molecule has 0 radical (unpaired) electrons. The fourth-order valence-corrected chi connectivity index (χ4v) is 1.14. The van der Waals surface area contributed by atoms with Crippen LogP contribution in [-0.2, 0) is 12.8 Å². The first-order valence-corrected chi connectivity index (χ1v) is 4.56. The second-order valence-corrected chi connectivity index (χ2v) is 2.97. The molecule has 0 aliphatic heterocycles. The van der Waals surface area contributed by atoms with Crippen molar-refractivity contribution in [1.82, 2.24) is 0 Å². The third kappa shape index (κ3) is 2.23. The molecule has 0 aromatic heterocycles. The average Bonchev–Trinajstić information content (AvgIpc) is 2.08. The average molecular weight is 160 g/mol. The van der Waals surface area contributed by atoms with Crippen molar-refractivity contribution in [2.75, 3.05) is 0 Å². The van der Waals surface area contributed by atoms with Gasteiger partial charge in [-0.05, 0) is 30.4 Å². The van der Waals surface area contributed by atoms with Crippen molar-refractivity contribution in [3.05, 3.63) is 48.0 Å². The Morgan fingerprint density at radius 3 is 1.83 bits per heavy atom. The number of fused-ring (bicyclic) bond motifs is 1. The summed E-state index contributed by atoms with van der Waals surface area (Å²) < 4.78 is 0. The first-order chi connectivity index (χ1) is 5.88. The van der Waals surface area contributed by atoms with Crippen LogP contribution in [0, 0.1) is 0 Å². The van der Waals surface area contributed by atoms with E-state index in [0.717, 1.165) is 6.42 Å². The van der Waals surface area contributed by atoms with E-state index in [2.05, 4.69) is 37.8 Å². The third-order valence-corrected chi connectivity index (χ3v) is 2.07. The van der Waals surface area contributed by atoms with E-state index < -0.39 is 0 Å². The maximum absolute atomic E-state index is 3.48. The molecule has 1 aliphatic carbocycles. The lowest BCUT2D eigenvalue weighted by atomic mass is 9.89. The van der Waals surface area contributed by atoms with Crippen molar-refractivity contribution >= 4 is 0 Å². The van der Waals surface area contributed by atoms with E-state index in [-0.39, 0.29) is 0 Å². The number of rotatable bonds is 1. The molecule has 0 unspecified atom stereocenters. The number of aryl methyl sites for hydroxylation is 2. The lowest BCUT2D eigenvalue weighted by Gasteiger charge is -2.16. The van der Waals surface area contributed by atoms with Gasteiger partial charge < -0.3 is 0 Å². The molecule has 0 saturated carbocycles. The maximum atomic E-state index is 3.48. The molecule has 64 valence electrons. The zero-order chi connectivity index (χ0) is 8.81. The van der Waals surface area contributed by atoms with Gasteiger partial charge in [0.05, 0.1) is 0 Å². The van der Waals surface area contributed by atoms with E-state index in [1.807, 2.05) is 6.08 Å². The molecular formula is C12H16. The van der Waals surface area contributed by atoms with Crippen LogP contribution < -0.4 is 0 Å². The van der Waals surface area contributed by atoms with Crippen LogP contribution >= 0.6 is 0 Å². The summed E-state index contributed by atoms with van der Waals surface area (Å²) in [6, 6.07) is 8.63. The van der Waals surface area contributed by atoms with Gasteiger partial charge in [-0.2, -0.15) is 0 Å². The van der Waals surface area contributed by atoms with E-state index >= 15 is 0 Å². The van der Waals surface area contributed by atoms with Gasteiger partial charge in [0.25, 0.3) is 0 Å². The number of hydrogen-bond donors (Lipinski definition) is 0. The Bertz CT molecular complexity index is 225. The predicted molar refractivity (Wildman–Crippen MR) is 54.3 cm³/mol. The lowest BCUT2D eigenvalue weighted by molar-refractivity contribution is 0.839. The first kappa shape index (κ1) is 9.05. The minimum Gasteiger partial charge on any atom is -0.103 e. The van der Waals surface area contributed by atoms with E-state index in [4.69, 9.17) is 0 Å². The maximum Gasteiger partial charge on any atom is -0.0235 e. The molecule has 2 rings (SSSR count). The molecule has 1 aromatic rings. The van der Waals surface area contributed by atoms with Gasteiger partial charge in [-0.25, -0.2) is 0 Å². The van der Waals surface area contributed by atoms with Crippen LogP contribution in [0.2, 0.25) is 0 Å². The monoisotopic (exact) mass is 160 g/mol. The SMILES string of the molecule is C=CCC.c1ccc2c(c1)CC2. The molecule has 0 fully saturated rings. The summed E-state index contributed by atoms with van der Waals surface area (Å²) in [4.78, 5) is 0. The van der Waals surface area contributed by atoms with Gasteiger partial charge in [-0.1, -0.05) is 37.3 Å². The van der Waals surface area contributed by atoms with Crippen LogP contribution in [0.1, 0.15) is 24.5 Å². The van der Waals surface area contributed by atoms with Crippen molar-refractivity contribution in [2.24, 2.45) is 0 Å². The Morgan fingerprint density at radius 1 is 1.25 bits per heavy atom. The molecule has 0 heteroatoms. The Hall–Kier alpha value is -1.04. The second-order valence-electron chi connectivity index (χ2n) is 2.97. The molecule has 0 heterocycles. The van der Waals surface area contributed by atoms with Crippen molar-refractivity contribution in [2.45, 2.75) is 26.2 Å². The minimum absolute atomic E-state index is 1.08. The van der Waals surface area contributed by atoms with Crippen LogP contribution in [-0.4, -0.2) is 0 Å². The highest BCUT2D eigenvalue weighted by Gasteiger charge is 2.09. The first-order valence-electron chi connectivity index (χ1n) is 4.56. The molecule has 1 aromatic carbocycles. The molecule has 0 nitrogen and oxygen atoms in total. The van der Waals surface area contributed by atoms with Crippen molar-refractivity contribution in [3.8, 4) is 0 Å². The van der Waals surface area contributed by atoms with Crippen molar-refractivity contribution in [1.29, 1.82) is 0 Å². The largest absolute Gasteiger partial charge is 0.103 e. The van der Waals surface area contributed by atoms with Gasteiger partial charge in [0.2, 0.25) is 0 Å². The van der Waals surface area contributed by atoms with Crippen molar-refractivity contribution < 1.29 is 0 Å². The number of benzene rings is 1. The standard InChI is InChI=1S/C8H8.C4H8/c1-2-4-8-6-5-7(8)3-1;1-3-4-2/h1-4H,5-6H2;3H,1,4H2,2H3. The van der Waals surface area contributed by atoms with Crippen LogP contribution in [0.4, 0.5) is 0 Å². The Kier molecular flexibility index (Phi) is 3.59. The fourth-order valence-electron chi connectivity index (χ4n) is 1.14. The summed E-state index contributed by atoms with van der Waals surface area (Å²) in [5.74, 6) is 0. The number of hydrogen-bond acceptors (Lipinski definition) is 0. The Labute approximate surface area is 74.9 Å². The van der Waals surface area contributed by atoms with Crippen LogP contribution in [0.3, 0.4) is 0 Å². The normalized spacial score (nSPS) is 11.8. The van der Waals surface area contributed by atoms with E-state index in [1.165, 1.54) is 12.8 Å².